The van der Waals surface area contributed by atoms with Crippen LogP contribution in [-0.4, -0.2) is 96.4 Å². The number of aromatic nitrogens is 2. The zero-order chi connectivity index (χ0) is 42.7. The van der Waals surface area contributed by atoms with Gasteiger partial charge in [0.15, 0.2) is 0 Å². The summed E-state index contributed by atoms with van der Waals surface area (Å²) in [5.41, 5.74) is 5.99. The van der Waals surface area contributed by atoms with E-state index in [2.05, 4.69) is 60.9 Å². The first-order valence-corrected chi connectivity index (χ1v) is 21.6. The summed E-state index contributed by atoms with van der Waals surface area (Å²) in [6.45, 7) is 12.3. The molecule has 4 aromatic rings. The highest BCUT2D eigenvalue weighted by Crippen LogP contribution is 2.29. The van der Waals surface area contributed by atoms with E-state index in [0.717, 1.165) is 91.8 Å². The number of ether oxygens (including phenoxy) is 6. The minimum atomic E-state index is -0.389. The summed E-state index contributed by atoms with van der Waals surface area (Å²) in [6.07, 6.45) is 13.8. The number of benzene rings is 2. The van der Waals surface area contributed by atoms with Gasteiger partial charge in [-0.05, 0) is 110 Å². The summed E-state index contributed by atoms with van der Waals surface area (Å²) in [5, 5.41) is 18.8. The van der Waals surface area contributed by atoms with Crippen LogP contribution < -0.4 is 0 Å². The number of rotatable bonds is 21. The highest BCUT2D eigenvalue weighted by molar-refractivity contribution is 5.55. The van der Waals surface area contributed by atoms with Crippen molar-refractivity contribution in [1.29, 1.82) is 0 Å². The molecule has 2 aromatic carbocycles. The fourth-order valence-electron chi connectivity index (χ4n) is 7.37. The highest BCUT2D eigenvalue weighted by atomic mass is 16.6. The molecule has 2 aromatic heterocycles. The normalized spacial score (nSPS) is 19.9. The van der Waals surface area contributed by atoms with Gasteiger partial charge in [-0.1, -0.05) is 55.7 Å². The standard InChI is InChI=1S/C24H35NO5.C24H31NO5.CH4/c2*1-4-11-27-22(14-26)15-28-20-9-6-10-21(13-20)29-16-23-18(3)30-24(25-23)19-8-5-7-17(2)12-19;/h5,7-8,12,20-22,26H,4,6,9-11,13-16H2,1-3H3;1,5,7-8,12,20-22,26H,6,9-11,13-16H2,2-3H3;1H4/t2*20-,21+,22-;/m11./s1. The van der Waals surface area contributed by atoms with E-state index < -0.39 is 0 Å². The van der Waals surface area contributed by atoms with Crippen LogP contribution >= 0.6 is 0 Å². The number of aliphatic hydroxyl groups excluding tert-OH is 2. The largest absolute Gasteiger partial charge is 0.441 e. The van der Waals surface area contributed by atoms with Crippen molar-refractivity contribution in [2.75, 3.05) is 39.6 Å². The van der Waals surface area contributed by atoms with Crippen LogP contribution in [0.2, 0.25) is 0 Å². The van der Waals surface area contributed by atoms with Gasteiger partial charge < -0.3 is 47.5 Å². The number of nitrogens with zero attached hydrogens (tertiary/aromatic N) is 2. The summed E-state index contributed by atoms with van der Waals surface area (Å²) >= 11 is 0. The Labute approximate surface area is 363 Å². The Balaban J connectivity index is 0.000000264. The van der Waals surface area contributed by atoms with Gasteiger partial charge in [-0.25, -0.2) is 9.97 Å². The van der Waals surface area contributed by atoms with E-state index >= 15 is 0 Å². The lowest BCUT2D eigenvalue weighted by molar-refractivity contribution is -0.0925. The molecule has 0 bridgehead atoms. The smallest absolute Gasteiger partial charge is 0.226 e. The maximum absolute atomic E-state index is 9.42. The molecule has 2 heterocycles. The third kappa shape index (κ3) is 16.4. The van der Waals surface area contributed by atoms with E-state index in [1.807, 2.05) is 38.1 Å². The van der Waals surface area contributed by atoms with Crippen molar-refractivity contribution in [2.45, 2.75) is 150 Å². The number of oxazole rings is 2. The molecule has 0 spiro atoms. The van der Waals surface area contributed by atoms with Gasteiger partial charge >= 0.3 is 0 Å². The van der Waals surface area contributed by atoms with Gasteiger partial charge in [0.1, 0.15) is 41.7 Å². The Morgan fingerprint density at radius 3 is 1.54 bits per heavy atom. The lowest BCUT2D eigenvalue weighted by atomic mass is 9.95. The molecule has 6 rings (SSSR count). The van der Waals surface area contributed by atoms with Crippen molar-refractivity contribution >= 4 is 0 Å². The first-order valence-electron chi connectivity index (χ1n) is 21.6. The molecule has 0 saturated heterocycles. The summed E-state index contributed by atoms with van der Waals surface area (Å²) < 4.78 is 47.0. The van der Waals surface area contributed by atoms with Gasteiger partial charge in [0.05, 0.1) is 64.1 Å². The predicted octanol–water partition coefficient (Wildman–Crippen LogP) is 9.04. The van der Waals surface area contributed by atoms with Crippen LogP contribution in [0.1, 0.15) is 106 Å². The summed E-state index contributed by atoms with van der Waals surface area (Å²) in [6, 6.07) is 16.3. The second-order valence-electron chi connectivity index (χ2n) is 15.9. The van der Waals surface area contributed by atoms with Gasteiger partial charge in [-0.15, -0.1) is 6.42 Å². The van der Waals surface area contributed by atoms with Crippen molar-refractivity contribution < 1.29 is 47.5 Å². The predicted molar refractivity (Wildman–Crippen MR) is 236 cm³/mol. The average Bonchev–Trinajstić information content (AvgIpc) is 3.83. The van der Waals surface area contributed by atoms with Crippen molar-refractivity contribution in [3.05, 3.63) is 82.6 Å². The molecule has 0 aliphatic heterocycles. The Kier molecular flexibility index (Phi) is 21.7. The number of terminal acetylenes is 1. The SMILES string of the molecule is C.C#CCO[C@H](CO)CO[C@@H]1CCC[C@H](OCc2nc(-c3cccc(C)c3)oc2C)C1.CCCO[C@H](CO)CO[C@@H]1CCC[C@H](OCc2nc(-c3cccc(C)c3)oc2C)C1. The van der Waals surface area contributed by atoms with Crippen LogP contribution in [0, 0.1) is 40.0 Å². The molecular formula is C49H70N2O10. The molecule has 0 unspecified atom stereocenters. The molecule has 6 atom stereocenters. The molecule has 0 radical (unpaired) electrons. The zero-order valence-corrected chi connectivity index (χ0v) is 36.2. The molecule has 2 fully saturated rings. The molecule has 61 heavy (non-hydrogen) atoms. The van der Waals surface area contributed by atoms with Gasteiger partial charge in [0, 0.05) is 17.7 Å². The number of hydrogen-bond acceptors (Lipinski definition) is 12. The second-order valence-corrected chi connectivity index (χ2v) is 15.9. The number of aliphatic hydroxyl groups is 2. The number of aryl methyl sites for hydroxylation is 4. The maximum Gasteiger partial charge on any atom is 0.226 e. The zero-order valence-electron chi connectivity index (χ0n) is 36.2. The van der Waals surface area contributed by atoms with Crippen molar-refractivity contribution in [1.82, 2.24) is 9.97 Å². The third-order valence-electron chi connectivity index (χ3n) is 10.8. The fraction of sp³-hybridized carbons (Fsp3) is 0.592. The van der Waals surface area contributed by atoms with E-state index in [9.17, 15) is 10.2 Å². The Bertz CT molecular complexity index is 1880. The van der Waals surface area contributed by atoms with Gasteiger partial charge in [-0.2, -0.15) is 0 Å². The summed E-state index contributed by atoms with van der Waals surface area (Å²) in [7, 11) is 0. The van der Waals surface area contributed by atoms with Crippen molar-refractivity contribution in [3.63, 3.8) is 0 Å². The van der Waals surface area contributed by atoms with Crippen molar-refractivity contribution in [3.8, 4) is 35.3 Å². The van der Waals surface area contributed by atoms with E-state index in [4.69, 9.17) is 43.7 Å². The molecule has 2 saturated carbocycles. The van der Waals surface area contributed by atoms with E-state index in [-0.39, 0.29) is 63.9 Å². The molecule has 2 aliphatic rings. The number of hydrogen-bond donors (Lipinski definition) is 2. The van der Waals surface area contributed by atoms with Crippen LogP contribution in [0.4, 0.5) is 0 Å². The molecule has 0 amide bonds. The van der Waals surface area contributed by atoms with Gasteiger partial charge in [0.2, 0.25) is 11.8 Å². The monoisotopic (exact) mass is 847 g/mol. The topological polar surface area (TPSA) is 148 Å². The quantitative estimate of drug-likeness (QED) is 0.0771. The Morgan fingerprint density at radius 1 is 0.689 bits per heavy atom. The Hall–Kier alpha value is -3.90. The van der Waals surface area contributed by atoms with E-state index in [0.29, 0.717) is 44.8 Å². The van der Waals surface area contributed by atoms with Crippen LogP contribution in [-0.2, 0) is 41.6 Å². The van der Waals surface area contributed by atoms with Crippen molar-refractivity contribution in [2.24, 2.45) is 0 Å². The lowest BCUT2D eigenvalue weighted by Crippen LogP contribution is -2.32. The molecule has 2 N–H and O–H groups in total. The molecule has 12 nitrogen and oxygen atoms in total. The lowest BCUT2D eigenvalue weighted by Gasteiger charge is -2.30. The van der Waals surface area contributed by atoms with E-state index in [1.165, 1.54) is 11.1 Å². The molecular weight excluding hydrogens is 777 g/mol. The Morgan fingerprint density at radius 2 is 1.13 bits per heavy atom. The summed E-state index contributed by atoms with van der Waals surface area (Å²) in [5.74, 6) is 5.26. The third-order valence-corrected chi connectivity index (χ3v) is 10.8. The fourth-order valence-corrected chi connectivity index (χ4v) is 7.37. The van der Waals surface area contributed by atoms with Gasteiger partial charge in [-0.3, -0.25) is 0 Å². The first-order chi connectivity index (χ1) is 29.2. The molecule has 2 aliphatic carbocycles. The van der Waals surface area contributed by atoms with Crippen LogP contribution in [0.15, 0.2) is 57.4 Å². The van der Waals surface area contributed by atoms with Crippen LogP contribution in [0.5, 0.6) is 0 Å². The summed E-state index contributed by atoms with van der Waals surface area (Å²) in [4.78, 5) is 9.30. The average molecular weight is 847 g/mol. The first kappa shape index (κ1) is 49.8. The minimum Gasteiger partial charge on any atom is -0.441 e. The molecule has 336 valence electrons. The second kappa shape index (κ2) is 26.5. The van der Waals surface area contributed by atoms with E-state index in [1.54, 1.807) is 0 Å². The van der Waals surface area contributed by atoms with Crippen LogP contribution in [0.3, 0.4) is 0 Å². The molecule has 12 heteroatoms. The van der Waals surface area contributed by atoms with Gasteiger partial charge in [0.25, 0.3) is 0 Å². The minimum absolute atomic E-state index is 0. The maximum atomic E-state index is 9.42. The highest BCUT2D eigenvalue weighted by Gasteiger charge is 2.27. The van der Waals surface area contributed by atoms with Crippen LogP contribution in [0.25, 0.3) is 22.9 Å².